The summed E-state index contributed by atoms with van der Waals surface area (Å²) in [5.41, 5.74) is 2.94. The third kappa shape index (κ3) is 6.67. The van der Waals surface area contributed by atoms with Gasteiger partial charge in [0.1, 0.15) is 31.5 Å². The molecule has 1 saturated carbocycles. The second-order valence-corrected chi connectivity index (χ2v) is 14.8. The lowest BCUT2D eigenvalue weighted by Gasteiger charge is -2.36. The lowest BCUT2D eigenvalue weighted by Crippen LogP contribution is -2.44. The topological polar surface area (TPSA) is 105 Å². The molecule has 2 aromatic heterocycles. The molecule has 45 heavy (non-hydrogen) atoms. The number of benzene rings is 2. The highest BCUT2D eigenvalue weighted by Crippen LogP contribution is 2.38. The van der Waals surface area contributed by atoms with Crippen LogP contribution in [0.1, 0.15) is 86.2 Å². The van der Waals surface area contributed by atoms with E-state index in [4.69, 9.17) is 4.74 Å². The summed E-state index contributed by atoms with van der Waals surface area (Å²) < 4.78 is 6.50. The standard InChI is InChI=1S/C34H40N6O3S2/c1-21(2)31-35-36-32(44-31)22-10-12-26(13-11-22)43-29-19-24(8-9-25(29)20-40-16-4-7-30(40)42)34-38-37-33(45-34)23-14-17-39(18-15-23)27-5-3-6-28(27)41/h8-13,19,21,23,27-28,41H,3-7,14-18,20H2,1-2H3. The molecule has 1 N–H and O–H groups in total. The molecule has 4 aromatic rings. The minimum Gasteiger partial charge on any atom is -0.457 e. The fourth-order valence-electron chi connectivity index (χ4n) is 6.71. The number of amides is 1. The molecule has 1 aliphatic carbocycles. The van der Waals surface area contributed by atoms with Gasteiger partial charge in [-0.05, 0) is 81.9 Å². The van der Waals surface area contributed by atoms with Gasteiger partial charge in [0.15, 0.2) is 0 Å². The molecule has 4 heterocycles. The molecule has 3 fully saturated rings. The number of piperidine rings is 1. The highest BCUT2D eigenvalue weighted by Gasteiger charge is 2.34. The van der Waals surface area contributed by atoms with Gasteiger partial charge in [0.05, 0.1) is 6.10 Å². The van der Waals surface area contributed by atoms with Gasteiger partial charge in [-0.1, -0.05) is 48.7 Å². The van der Waals surface area contributed by atoms with Gasteiger partial charge >= 0.3 is 0 Å². The average Bonchev–Trinajstić information content (AvgIpc) is 3.87. The first-order valence-corrected chi connectivity index (χ1v) is 17.8. The van der Waals surface area contributed by atoms with Crippen molar-refractivity contribution in [2.75, 3.05) is 19.6 Å². The van der Waals surface area contributed by atoms with E-state index in [0.717, 1.165) is 106 Å². The first-order chi connectivity index (χ1) is 21.9. The van der Waals surface area contributed by atoms with E-state index in [1.165, 1.54) is 0 Å². The van der Waals surface area contributed by atoms with Gasteiger partial charge in [0.2, 0.25) is 5.91 Å². The second kappa shape index (κ2) is 13.2. The lowest BCUT2D eigenvalue weighted by molar-refractivity contribution is -0.128. The van der Waals surface area contributed by atoms with Crippen LogP contribution in [0.2, 0.25) is 0 Å². The van der Waals surface area contributed by atoms with Crippen molar-refractivity contribution in [1.82, 2.24) is 30.2 Å². The first-order valence-electron chi connectivity index (χ1n) is 16.2. The molecule has 2 unspecified atom stereocenters. The van der Waals surface area contributed by atoms with Crippen LogP contribution in [0.4, 0.5) is 0 Å². The largest absolute Gasteiger partial charge is 0.457 e. The monoisotopic (exact) mass is 644 g/mol. The molecule has 9 nitrogen and oxygen atoms in total. The van der Waals surface area contributed by atoms with Crippen molar-refractivity contribution in [1.29, 1.82) is 0 Å². The summed E-state index contributed by atoms with van der Waals surface area (Å²) in [6.07, 6.45) is 6.57. The zero-order valence-electron chi connectivity index (χ0n) is 25.9. The van der Waals surface area contributed by atoms with Crippen LogP contribution in [0.3, 0.4) is 0 Å². The van der Waals surface area contributed by atoms with Gasteiger partial charge < -0.3 is 14.7 Å². The maximum Gasteiger partial charge on any atom is 0.222 e. The molecule has 3 aliphatic rings. The quantitative estimate of drug-likeness (QED) is 0.211. The van der Waals surface area contributed by atoms with Crippen LogP contribution in [0.5, 0.6) is 11.5 Å². The molecule has 0 bridgehead atoms. The van der Waals surface area contributed by atoms with E-state index in [1.807, 2.05) is 35.2 Å². The van der Waals surface area contributed by atoms with Crippen molar-refractivity contribution < 1.29 is 14.6 Å². The Morgan fingerprint density at radius 3 is 2.33 bits per heavy atom. The normalized spacial score (nSPS) is 21.3. The number of hydrogen-bond acceptors (Lipinski definition) is 10. The summed E-state index contributed by atoms with van der Waals surface area (Å²) in [5, 5.41) is 32.2. The number of aliphatic hydroxyl groups is 1. The zero-order chi connectivity index (χ0) is 30.9. The van der Waals surface area contributed by atoms with Crippen molar-refractivity contribution in [3.05, 3.63) is 58.0 Å². The Hall–Kier alpha value is -3.25. The Labute approximate surface area is 272 Å². The molecule has 236 valence electrons. The summed E-state index contributed by atoms with van der Waals surface area (Å²) >= 11 is 3.28. The molecule has 0 spiro atoms. The van der Waals surface area contributed by atoms with E-state index in [-0.39, 0.29) is 12.0 Å². The molecule has 7 rings (SSSR count). The number of ether oxygens (including phenoxy) is 1. The van der Waals surface area contributed by atoms with E-state index in [9.17, 15) is 9.90 Å². The molecule has 2 aromatic carbocycles. The number of hydrogen-bond donors (Lipinski definition) is 1. The Morgan fingerprint density at radius 2 is 1.64 bits per heavy atom. The number of aliphatic hydroxyl groups excluding tert-OH is 1. The predicted molar refractivity (Wildman–Crippen MR) is 177 cm³/mol. The van der Waals surface area contributed by atoms with Crippen LogP contribution in [-0.4, -0.2) is 73.0 Å². The van der Waals surface area contributed by atoms with Gasteiger partial charge in [0.25, 0.3) is 0 Å². The average molecular weight is 645 g/mol. The summed E-state index contributed by atoms with van der Waals surface area (Å²) in [6, 6.07) is 14.5. The van der Waals surface area contributed by atoms with Crippen LogP contribution in [0, 0.1) is 0 Å². The van der Waals surface area contributed by atoms with Crippen molar-refractivity contribution in [3.63, 3.8) is 0 Å². The number of rotatable bonds is 9. The number of carbonyl (C=O) groups excluding carboxylic acids is 1. The van der Waals surface area contributed by atoms with Crippen LogP contribution >= 0.6 is 22.7 Å². The minimum absolute atomic E-state index is 0.177. The van der Waals surface area contributed by atoms with E-state index in [2.05, 4.69) is 51.3 Å². The maximum absolute atomic E-state index is 12.5. The summed E-state index contributed by atoms with van der Waals surface area (Å²) in [7, 11) is 0. The summed E-state index contributed by atoms with van der Waals surface area (Å²) in [6.45, 7) is 7.54. The van der Waals surface area contributed by atoms with Crippen molar-refractivity contribution in [3.8, 4) is 32.6 Å². The fourth-order valence-corrected chi connectivity index (χ4v) is 8.57. The molecular formula is C34H40N6O3S2. The maximum atomic E-state index is 12.5. The fraction of sp³-hybridized carbons (Fsp3) is 0.500. The third-order valence-electron chi connectivity index (χ3n) is 9.34. The van der Waals surface area contributed by atoms with Crippen molar-refractivity contribution in [2.45, 2.75) is 89.3 Å². The Balaban J connectivity index is 1.09. The number of likely N-dealkylation sites (tertiary alicyclic amines) is 2. The highest BCUT2D eigenvalue weighted by molar-refractivity contribution is 7.15. The van der Waals surface area contributed by atoms with Gasteiger partial charge in [0, 0.05) is 54.1 Å². The minimum atomic E-state index is -0.177. The van der Waals surface area contributed by atoms with Crippen molar-refractivity contribution in [2.24, 2.45) is 0 Å². The van der Waals surface area contributed by atoms with Gasteiger partial charge in [-0.2, -0.15) is 0 Å². The van der Waals surface area contributed by atoms with Crippen LogP contribution in [0.15, 0.2) is 42.5 Å². The third-order valence-corrected chi connectivity index (χ3v) is 11.8. The number of nitrogens with zero attached hydrogens (tertiary/aromatic N) is 6. The number of carbonyl (C=O) groups is 1. The van der Waals surface area contributed by atoms with Gasteiger partial charge in [-0.25, -0.2) is 0 Å². The number of aromatic nitrogens is 4. The molecule has 1 amide bonds. The van der Waals surface area contributed by atoms with Crippen LogP contribution in [-0.2, 0) is 11.3 Å². The summed E-state index contributed by atoms with van der Waals surface area (Å²) in [5.74, 6) is 2.37. The second-order valence-electron chi connectivity index (χ2n) is 12.8. The van der Waals surface area contributed by atoms with E-state index >= 15 is 0 Å². The van der Waals surface area contributed by atoms with Crippen molar-refractivity contribution >= 4 is 28.6 Å². The smallest absolute Gasteiger partial charge is 0.222 e. The summed E-state index contributed by atoms with van der Waals surface area (Å²) in [4.78, 5) is 16.8. The Morgan fingerprint density at radius 1 is 0.889 bits per heavy atom. The van der Waals surface area contributed by atoms with Crippen LogP contribution < -0.4 is 4.74 Å². The molecular weight excluding hydrogens is 605 g/mol. The molecule has 0 radical (unpaired) electrons. The lowest BCUT2D eigenvalue weighted by atomic mass is 9.96. The molecule has 2 saturated heterocycles. The molecule has 2 atom stereocenters. The van der Waals surface area contributed by atoms with Gasteiger partial charge in [-0.15, -0.1) is 20.4 Å². The Bertz CT molecular complexity index is 1630. The predicted octanol–water partition coefficient (Wildman–Crippen LogP) is 6.85. The van der Waals surface area contributed by atoms with E-state index < -0.39 is 0 Å². The molecule has 11 heteroatoms. The van der Waals surface area contributed by atoms with Gasteiger partial charge in [-0.3, -0.25) is 9.69 Å². The SMILES string of the molecule is CC(C)c1nnc(-c2ccc(Oc3cc(-c4nnc(C5CCN(C6CCCC6O)CC5)s4)ccc3CN3CCCC3=O)cc2)s1. The highest BCUT2D eigenvalue weighted by atomic mass is 32.1. The Kier molecular flexibility index (Phi) is 8.94. The van der Waals surface area contributed by atoms with E-state index in [1.54, 1.807) is 22.7 Å². The first kappa shape index (κ1) is 30.4. The van der Waals surface area contributed by atoms with Crippen LogP contribution in [0.25, 0.3) is 21.1 Å². The molecule has 2 aliphatic heterocycles. The van der Waals surface area contributed by atoms with E-state index in [0.29, 0.717) is 30.8 Å². The zero-order valence-corrected chi connectivity index (χ0v) is 27.5.